The van der Waals surface area contributed by atoms with Gasteiger partial charge in [0, 0.05) is 0 Å². The summed E-state index contributed by atoms with van der Waals surface area (Å²) in [6.45, 7) is -0.172. The minimum Gasteiger partial charge on any atom is -0.450 e. The van der Waals surface area contributed by atoms with Gasteiger partial charge in [-0.3, -0.25) is 0 Å². The number of cyclic esters (lactones) is 2. The Bertz CT molecular complexity index is 488. The van der Waals surface area contributed by atoms with Crippen LogP contribution in [0.4, 0.5) is 4.79 Å². The van der Waals surface area contributed by atoms with Crippen LogP contribution in [0.5, 0.6) is 0 Å². The van der Waals surface area contributed by atoms with Gasteiger partial charge in [0.05, 0.1) is 0 Å². The number of hydrogen-bond donors (Lipinski definition) is 0. The van der Waals surface area contributed by atoms with Crippen molar-refractivity contribution in [2.24, 2.45) is 0 Å². The maximum atomic E-state index is 11.7. The molecule has 0 saturated carbocycles. The van der Waals surface area contributed by atoms with Gasteiger partial charge in [0.15, 0.2) is 12.7 Å². The number of carbonyl (C=O) groups is 2. The monoisotopic (exact) mass is 246 g/mol. The summed E-state index contributed by atoms with van der Waals surface area (Å²) in [7, 11) is 0. The molecular formula is C13H10O5. The smallest absolute Gasteiger partial charge is 0.450 e. The Morgan fingerprint density at radius 1 is 1.33 bits per heavy atom. The summed E-state index contributed by atoms with van der Waals surface area (Å²) in [4.78, 5) is 22.8. The Hall–Kier alpha value is -2.48. The van der Waals surface area contributed by atoms with E-state index in [-0.39, 0.29) is 6.61 Å². The number of rotatable bonds is 3. The largest absolute Gasteiger partial charge is 0.510 e. The van der Waals surface area contributed by atoms with Crippen LogP contribution in [0.2, 0.25) is 0 Å². The molecule has 0 bridgehead atoms. The Kier molecular flexibility index (Phi) is 3.49. The summed E-state index contributed by atoms with van der Waals surface area (Å²) < 4.78 is 14.5. The molecule has 92 valence electrons. The van der Waals surface area contributed by atoms with Crippen LogP contribution < -0.4 is 0 Å². The van der Waals surface area contributed by atoms with E-state index in [1.54, 1.807) is 24.3 Å². The molecular weight excluding hydrogens is 236 g/mol. The molecule has 5 nitrogen and oxygen atoms in total. The lowest BCUT2D eigenvalue weighted by atomic mass is 10.0. The normalized spacial score (nSPS) is 21.6. The number of hydrogen-bond acceptors (Lipinski definition) is 5. The van der Waals surface area contributed by atoms with Crippen molar-refractivity contribution >= 4 is 12.1 Å². The molecule has 1 aliphatic heterocycles. The van der Waals surface area contributed by atoms with Crippen molar-refractivity contribution in [3.8, 4) is 12.3 Å². The maximum Gasteiger partial charge on any atom is 0.510 e. The molecule has 0 radical (unpaired) electrons. The number of carbonyl (C=O) groups excluding carboxylic acids is 2. The van der Waals surface area contributed by atoms with Crippen molar-refractivity contribution in [1.29, 1.82) is 0 Å². The first-order valence-electron chi connectivity index (χ1n) is 5.24. The predicted molar refractivity (Wildman–Crippen MR) is 60.3 cm³/mol. The molecule has 0 spiro atoms. The fraction of sp³-hybridized carbons (Fsp3) is 0.231. The Balaban J connectivity index is 2.16. The van der Waals surface area contributed by atoms with Gasteiger partial charge in [-0.15, -0.1) is 6.42 Å². The van der Waals surface area contributed by atoms with Gasteiger partial charge >= 0.3 is 12.1 Å². The van der Waals surface area contributed by atoms with Crippen LogP contribution >= 0.6 is 0 Å². The van der Waals surface area contributed by atoms with Gasteiger partial charge in [0.25, 0.3) is 0 Å². The first-order chi connectivity index (χ1) is 8.72. The zero-order valence-corrected chi connectivity index (χ0v) is 9.37. The molecule has 2 unspecified atom stereocenters. The Morgan fingerprint density at radius 2 is 2.06 bits per heavy atom. The van der Waals surface area contributed by atoms with Gasteiger partial charge in [-0.1, -0.05) is 36.3 Å². The zero-order chi connectivity index (χ0) is 13.0. The highest BCUT2D eigenvalue weighted by Crippen LogP contribution is 2.30. The van der Waals surface area contributed by atoms with E-state index < -0.39 is 24.3 Å². The molecule has 0 aliphatic carbocycles. The minimum atomic E-state index is -1.12. The lowest BCUT2D eigenvalue weighted by molar-refractivity contribution is -0.152. The molecule has 1 aromatic rings. The van der Waals surface area contributed by atoms with Crippen LogP contribution in [0.25, 0.3) is 0 Å². The van der Waals surface area contributed by atoms with E-state index in [2.05, 4.69) is 5.92 Å². The van der Waals surface area contributed by atoms with Crippen molar-refractivity contribution in [3.63, 3.8) is 0 Å². The minimum absolute atomic E-state index is 0.172. The van der Waals surface area contributed by atoms with Crippen LogP contribution in [0.3, 0.4) is 0 Å². The first kappa shape index (κ1) is 12.0. The topological polar surface area (TPSA) is 61.8 Å². The van der Waals surface area contributed by atoms with Crippen molar-refractivity contribution in [1.82, 2.24) is 0 Å². The van der Waals surface area contributed by atoms with E-state index in [1.807, 2.05) is 6.07 Å². The van der Waals surface area contributed by atoms with Gasteiger partial charge in [-0.2, -0.15) is 0 Å². The summed E-state index contributed by atoms with van der Waals surface area (Å²) in [5, 5.41) is 0. The van der Waals surface area contributed by atoms with E-state index in [1.165, 1.54) is 0 Å². The van der Waals surface area contributed by atoms with Crippen molar-refractivity contribution in [2.45, 2.75) is 12.2 Å². The quantitative estimate of drug-likeness (QED) is 0.596. The second-order valence-corrected chi connectivity index (χ2v) is 3.55. The summed E-state index contributed by atoms with van der Waals surface area (Å²) in [6.07, 6.45) is 2.17. The van der Waals surface area contributed by atoms with Crippen molar-refractivity contribution < 1.29 is 23.8 Å². The SMILES string of the molecule is C#CCOC(=O)C1OC(=O)OC1c1ccccc1. The molecule has 0 aromatic heterocycles. The summed E-state index contributed by atoms with van der Waals surface area (Å²) in [5.74, 6) is 1.45. The standard InChI is InChI=1S/C13H10O5/c1-2-8-16-12(14)11-10(17-13(15)18-11)9-6-4-3-5-7-9/h1,3-7,10-11H,8H2. The van der Waals surface area contributed by atoms with Crippen LogP contribution in [-0.2, 0) is 19.0 Å². The highest BCUT2D eigenvalue weighted by molar-refractivity contribution is 5.81. The first-order valence-corrected chi connectivity index (χ1v) is 5.24. The van der Waals surface area contributed by atoms with E-state index in [0.717, 1.165) is 0 Å². The summed E-state index contributed by atoms with van der Waals surface area (Å²) >= 11 is 0. The third kappa shape index (κ3) is 2.43. The molecule has 0 amide bonds. The summed E-state index contributed by atoms with van der Waals surface area (Å²) in [6, 6.07) is 8.81. The lowest BCUT2D eigenvalue weighted by Gasteiger charge is -2.13. The Labute approximate surface area is 104 Å². The number of esters is 1. The predicted octanol–water partition coefficient (Wildman–Crippen LogP) is 1.44. The summed E-state index contributed by atoms with van der Waals surface area (Å²) in [5.41, 5.74) is 0.658. The van der Waals surface area contributed by atoms with Gasteiger partial charge in [0.2, 0.25) is 6.10 Å². The number of benzene rings is 1. The third-order valence-electron chi connectivity index (χ3n) is 2.38. The van der Waals surface area contributed by atoms with Crippen LogP contribution in [0.1, 0.15) is 11.7 Å². The molecule has 1 aromatic carbocycles. The molecule has 18 heavy (non-hydrogen) atoms. The van der Waals surface area contributed by atoms with Gasteiger partial charge in [-0.25, -0.2) is 9.59 Å². The second kappa shape index (κ2) is 5.23. The van der Waals surface area contributed by atoms with Gasteiger partial charge in [-0.05, 0) is 5.56 Å². The van der Waals surface area contributed by atoms with E-state index >= 15 is 0 Å². The van der Waals surface area contributed by atoms with Crippen molar-refractivity contribution in [3.05, 3.63) is 35.9 Å². The highest BCUT2D eigenvalue weighted by atomic mass is 16.8. The van der Waals surface area contributed by atoms with Gasteiger partial charge in [0.1, 0.15) is 0 Å². The van der Waals surface area contributed by atoms with E-state index in [0.29, 0.717) is 5.56 Å². The molecule has 5 heteroatoms. The molecule has 0 N–H and O–H groups in total. The Morgan fingerprint density at radius 3 is 2.72 bits per heavy atom. The molecule has 1 heterocycles. The zero-order valence-electron chi connectivity index (χ0n) is 9.37. The van der Waals surface area contributed by atoms with E-state index in [9.17, 15) is 9.59 Å². The fourth-order valence-corrected chi connectivity index (χ4v) is 1.61. The van der Waals surface area contributed by atoms with Crippen molar-refractivity contribution in [2.75, 3.05) is 6.61 Å². The average Bonchev–Trinajstić information content (AvgIpc) is 2.79. The average molecular weight is 246 g/mol. The molecule has 1 aliphatic rings. The molecule has 2 rings (SSSR count). The van der Waals surface area contributed by atoms with E-state index in [4.69, 9.17) is 20.6 Å². The molecule has 2 atom stereocenters. The number of terminal acetylenes is 1. The highest BCUT2D eigenvalue weighted by Gasteiger charge is 2.43. The molecule has 1 saturated heterocycles. The van der Waals surface area contributed by atoms with Gasteiger partial charge < -0.3 is 14.2 Å². The lowest BCUT2D eigenvalue weighted by Crippen LogP contribution is -2.28. The maximum absolute atomic E-state index is 11.7. The molecule has 1 fully saturated rings. The van der Waals surface area contributed by atoms with Crippen LogP contribution in [0, 0.1) is 12.3 Å². The fourth-order valence-electron chi connectivity index (χ4n) is 1.61. The van der Waals surface area contributed by atoms with Crippen LogP contribution in [0.15, 0.2) is 30.3 Å². The number of ether oxygens (including phenoxy) is 3. The second-order valence-electron chi connectivity index (χ2n) is 3.55. The van der Waals surface area contributed by atoms with Crippen LogP contribution in [-0.4, -0.2) is 24.8 Å². The third-order valence-corrected chi connectivity index (χ3v) is 2.38.